The van der Waals surface area contributed by atoms with E-state index >= 15 is 0 Å². The van der Waals surface area contributed by atoms with Crippen LogP contribution in [0.3, 0.4) is 0 Å². The number of halogens is 1. The van der Waals surface area contributed by atoms with Crippen molar-refractivity contribution in [1.29, 1.82) is 0 Å². The molecule has 0 unspecified atom stereocenters. The molecule has 2 heterocycles. The van der Waals surface area contributed by atoms with Crippen molar-refractivity contribution >= 4 is 10.9 Å². The Hall–Kier alpha value is -3.52. The Morgan fingerprint density at radius 2 is 1.77 bits per heavy atom. The fraction of sp³-hybridized carbons (Fsp3) is 0.0952. The first kappa shape index (κ1) is 16.0. The van der Waals surface area contributed by atoms with Crippen LogP contribution < -0.4 is 0 Å². The third kappa shape index (κ3) is 3.05. The highest BCUT2D eigenvalue weighted by Gasteiger charge is 2.06. The molecule has 2 aromatic heterocycles. The van der Waals surface area contributed by atoms with Crippen LogP contribution in [0.25, 0.3) is 22.2 Å². The molecule has 0 fully saturated rings. The maximum absolute atomic E-state index is 13.5. The summed E-state index contributed by atoms with van der Waals surface area (Å²) < 4.78 is 15.3. The monoisotopic (exact) mass is 342 g/mol. The van der Waals surface area contributed by atoms with Crippen molar-refractivity contribution in [3.05, 3.63) is 77.9 Å². The fourth-order valence-electron chi connectivity index (χ4n) is 2.76. The van der Waals surface area contributed by atoms with Gasteiger partial charge in [-0.15, -0.1) is 0 Å². The van der Waals surface area contributed by atoms with E-state index in [1.165, 1.54) is 12.1 Å². The Morgan fingerprint density at radius 3 is 2.58 bits per heavy atom. The minimum atomic E-state index is -0.328. The minimum absolute atomic E-state index is 0.328. The SMILES string of the molecule is Cc1nc(C#Cc2nc(-c3ccccc3)cn2C)nc2cc(F)ccc12. The molecule has 126 valence electrons. The first-order valence-corrected chi connectivity index (χ1v) is 8.15. The second-order valence-electron chi connectivity index (χ2n) is 5.97. The number of aromatic nitrogens is 4. The van der Waals surface area contributed by atoms with E-state index in [1.807, 2.05) is 55.1 Å². The van der Waals surface area contributed by atoms with Crippen LogP contribution in [0, 0.1) is 24.6 Å². The van der Waals surface area contributed by atoms with E-state index in [-0.39, 0.29) is 5.82 Å². The Bertz CT molecular complexity index is 1170. The zero-order valence-corrected chi connectivity index (χ0v) is 14.4. The summed E-state index contributed by atoms with van der Waals surface area (Å²) >= 11 is 0. The van der Waals surface area contributed by atoms with Gasteiger partial charge in [-0.1, -0.05) is 30.3 Å². The van der Waals surface area contributed by atoms with Gasteiger partial charge in [0.15, 0.2) is 5.82 Å². The van der Waals surface area contributed by atoms with Crippen LogP contribution >= 0.6 is 0 Å². The maximum Gasteiger partial charge on any atom is 0.206 e. The number of benzene rings is 2. The number of hydrogen-bond donors (Lipinski definition) is 0. The zero-order valence-electron chi connectivity index (χ0n) is 14.4. The summed E-state index contributed by atoms with van der Waals surface area (Å²) in [6.07, 6.45) is 1.93. The van der Waals surface area contributed by atoms with Gasteiger partial charge in [0.2, 0.25) is 5.82 Å². The molecule has 0 atom stereocenters. The topological polar surface area (TPSA) is 43.6 Å². The molecule has 0 radical (unpaired) electrons. The van der Waals surface area contributed by atoms with Gasteiger partial charge in [0, 0.05) is 36.0 Å². The van der Waals surface area contributed by atoms with Gasteiger partial charge < -0.3 is 4.57 Å². The molecule has 4 aromatic rings. The van der Waals surface area contributed by atoms with E-state index in [0.29, 0.717) is 17.2 Å². The van der Waals surface area contributed by atoms with Gasteiger partial charge in [-0.25, -0.2) is 19.3 Å². The highest BCUT2D eigenvalue weighted by atomic mass is 19.1. The molecule has 0 aliphatic rings. The first-order valence-electron chi connectivity index (χ1n) is 8.15. The molecule has 4 nitrogen and oxygen atoms in total. The molecule has 26 heavy (non-hydrogen) atoms. The predicted octanol–water partition coefficient (Wildman–Crippen LogP) is 3.88. The Labute approximate surface area is 150 Å². The molecular formula is C21H15FN4. The van der Waals surface area contributed by atoms with E-state index < -0.39 is 0 Å². The van der Waals surface area contributed by atoms with Gasteiger partial charge in [-0.3, -0.25) is 0 Å². The second kappa shape index (κ2) is 6.41. The predicted molar refractivity (Wildman–Crippen MR) is 98.9 cm³/mol. The largest absolute Gasteiger partial charge is 0.327 e. The number of hydrogen-bond acceptors (Lipinski definition) is 3. The summed E-state index contributed by atoms with van der Waals surface area (Å²) in [6.45, 7) is 1.86. The first-order chi connectivity index (χ1) is 12.6. The lowest BCUT2D eigenvalue weighted by Crippen LogP contribution is -1.96. The second-order valence-corrected chi connectivity index (χ2v) is 5.97. The van der Waals surface area contributed by atoms with Crippen molar-refractivity contribution in [1.82, 2.24) is 19.5 Å². The summed E-state index contributed by atoms with van der Waals surface area (Å²) in [5.41, 5.74) is 3.20. The summed E-state index contributed by atoms with van der Waals surface area (Å²) in [6, 6.07) is 14.4. The zero-order chi connectivity index (χ0) is 18.1. The third-order valence-electron chi connectivity index (χ3n) is 4.08. The van der Waals surface area contributed by atoms with Gasteiger partial charge in [0.1, 0.15) is 5.82 Å². The van der Waals surface area contributed by atoms with Crippen LogP contribution in [0.5, 0.6) is 0 Å². The van der Waals surface area contributed by atoms with E-state index in [1.54, 1.807) is 6.07 Å². The molecule has 4 rings (SSSR count). The number of fused-ring (bicyclic) bond motifs is 1. The van der Waals surface area contributed by atoms with Crippen LogP contribution in [-0.4, -0.2) is 19.5 Å². The molecule has 0 spiro atoms. The molecule has 5 heteroatoms. The maximum atomic E-state index is 13.5. The molecular weight excluding hydrogens is 327 g/mol. The summed E-state index contributed by atoms with van der Waals surface area (Å²) in [7, 11) is 1.89. The quantitative estimate of drug-likeness (QED) is 0.493. The van der Waals surface area contributed by atoms with Crippen LogP contribution in [0.4, 0.5) is 4.39 Å². The van der Waals surface area contributed by atoms with Crippen LogP contribution in [0.15, 0.2) is 54.7 Å². The molecule has 2 aromatic carbocycles. The van der Waals surface area contributed by atoms with E-state index in [2.05, 4.69) is 26.8 Å². The van der Waals surface area contributed by atoms with Crippen molar-refractivity contribution in [2.45, 2.75) is 6.92 Å². The summed E-state index contributed by atoms with van der Waals surface area (Å²) in [5, 5.41) is 0.820. The van der Waals surface area contributed by atoms with Crippen LogP contribution in [-0.2, 0) is 7.05 Å². The lowest BCUT2D eigenvalue weighted by molar-refractivity contribution is 0.629. The Morgan fingerprint density at radius 1 is 0.962 bits per heavy atom. The molecule has 0 bridgehead atoms. The summed E-state index contributed by atoms with van der Waals surface area (Å²) in [5.74, 6) is 6.59. The van der Waals surface area contributed by atoms with Gasteiger partial charge in [0.05, 0.1) is 11.2 Å². The Kier molecular flexibility index (Phi) is 3.94. The number of aryl methyl sites for hydroxylation is 2. The van der Waals surface area contributed by atoms with Crippen molar-refractivity contribution in [3.8, 4) is 23.1 Å². The molecule has 0 N–H and O–H groups in total. The standard InChI is InChI=1S/C21H15FN4/c1-14-17-9-8-16(22)12-18(17)24-20(23-14)10-11-21-25-19(13-26(21)2)15-6-4-3-5-7-15/h3-9,12-13H,1-2H3. The molecule has 0 saturated carbocycles. The number of imidazole rings is 1. The average Bonchev–Trinajstić information content (AvgIpc) is 3.01. The van der Waals surface area contributed by atoms with Gasteiger partial charge in [-0.05, 0) is 30.9 Å². The van der Waals surface area contributed by atoms with Crippen molar-refractivity contribution < 1.29 is 4.39 Å². The normalized spacial score (nSPS) is 10.6. The van der Waals surface area contributed by atoms with Crippen LogP contribution in [0.1, 0.15) is 17.3 Å². The lowest BCUT2D eigenvalue weighted by Gasteiger charge is -2.01. The smallest absolute Gasteiger partial charge is 0.206 e. The van der Waals surface area contributed by atoms with E-state index in [0.717, 1.165) is 22.3 Å². The molecule has 0 amide bonds. The molecule has 0 saturated heterocycles. The van der Waals surface area contributed by atoms with Crippen molar-refractivity contribution in [3.63, 3.8) is 0 Å². The van der Waals surface area contributed by atoms with E-state index in [4.69, 9.17) is 0 Å². The molecule has 0 aliphatic carbocycles. The Balaban J connectivity index is 1.72. The lowest BCUT2D eigenvalue weighted by atomic mass is 10.2. The fourth-order valence-corrected chi connectivity index (χ4v) is 2.76. The van der Waals surface area contributed by atoms with Crippen molar-refractivity contribution in [2.24, 2.45) is 7.05 Å². The number of nitrogens with zero attached hydrogens (tertiary/aromatic N) is 4. The van der Waals surface area contributed by atoms with Gasteiger partial charge in [-0.2, -0.15) is 0 Å². The third-order valence-corrected chi connectivity index (χ3v) is 4.08. The van der Waals surface area contributed by atoms with Gasteiger partial charge >= 0.3 is 0 Å². The highest BCUT2D eigenvalue weighted by Crippen LogP contribution is 2.18. The summed E-state index contributed by atoms with van der Waals surface area (Å²) in [4.78, 5) is 13.3. The van der Waals surface area contributed by atoms with E-state index in [9.17, 15) is 4.39 Å². The average molecular weight is 342 g/mol. The number of rotatable bonds is 1. The van der Waals surface area contributed by atoms with Crippen molar-refractivity contribution in [2.75, 3.05) is 0 Å². The minimum Gasteiger partial charge on any atom is -0.327 e. The highest BCUT2D eigenvalue weighted by molar-refractivity contribution is 5.81. The van der Waals surface area contributed by atoms with Crippen LogP contribution in [0.2, 0.25) is 0 Å². The molecule has 0 aliphatic heterocycles. The van der Waals surface area contributed by atoms with Gasteiger partial charge in [0.25, 0.3) is 0 Å².